The molecule has 1 aliphatic rings. The van der Waals surface area contributed by atoms with Crippen molar-refractivity contribution in [1.29, 1.82) is 0 Å². The van der Waals surface area contributed by atoms with Crippen molar-refractivity contribution in [1.82, 2.24) is 9.97 Å². The van der Waals surface area contributed by atoms with Crippen molar-refractivity contribution in [3.63, 3.8) is 0 Å². The van der Waals surface area contributed by atoms with Crippen molar-refractivity contribution in [3.05, 3.63) is 41.2 Å². The summed E-state index contributed by atoms with van der Waals surface area (Å²) in [6.45, 7) is 6.20. The summed E-state index contributed by atoms with van der Waals surface area (Å²) in [7, 11) is 0. The van der Waals surface area contributed by atoms with Crippen molar-refractivity contribution >= 4 is 23.2 Å². The first-order valence-electron chi connectivity index (χ1n) is 7.16. The molecule has 0 spiro atoms. The van der Waals surface area contributed by atoms with Gasteiger partial charge in [-0.25, -0.2) is 9.97 Å². The number of aromatic nitrogens is 2. The van der Waals surface area contributed by atoms with Crippen LogP contribution in [0.15, 0.2) is 24.4 Å². The zero-order chi connectivity index (χ0) is 15.0. The summed E-state index contributed by atoms with van der Waals surface area (Å²) in [6, 6.07) is 5.69. The van der Waals surface area contributed by atoms with E-state index in [1.165, 1.54) is 0 Å². The molecule has 3 heterocycles. The molecule has 1 amide bonds. The van der Waals surface area contributed by atoms with E-state index in [0.717, 1.165) is 17.7 Å². The third-order valence-corrected chi connectivity index (χ3v) is 3.62. The smallest absolute Gasteiger partial charge is 0.259 e. The Balaban J connectivity index is 2.08. The third-order valence-electron chi connectivity index (χ3n) is 3.62. The molecule has 5 heteroatoms. The lowest BCUT2D eigenvalue weighted by molar-refractivity contribution is 0.102. The van der Waals surface area contributed by atoms with E-state index < -0.39 is 0 Å². The van der Waals surface area contributed by atoms with Crippen LogP contribution in [0, 0.1) is 0 Å². The Bertz CT molecular complexity index is 709. The summed E-state index contributed by atoms with van der Waals surface area (Å²) in [5.41, 5.74) is 3.25. The van der Waals surface area contributed by atoms with Crippen LogP contribution in [0.3, 0.4) is 0 Å². The molecule has 0 atom stereocenters. The monoisotopic (exact) mass is 282 g/mol. The molecule has 3 rings (SSSR count). The van der Waals surface area contributed by atoms with Gasteiger partial charge in [-0.3, -0.25) is 4.79 Å². The molecule has 0 aliphatic carbocycles. The molecule has 5 nitrogen and oxygen atoms in total. The van der Waals surface area contributed by atoms with Crippen molar-refractivity contribution in [2.45, 2.75) is 33.1 Å². The van der Waals surface area contributed by atoms with Crippen LogP contribution < -0.4 is 10.6 Å². The number of nitrogens with one attached hydrogen (secondary N) is 2. The summed E-state index contributed by atoms with van der Waals surface area (Å²) in [4.78, 5) is 21.3. The van der Waals surface area contributed by atoms with Gasteiger partial charge in [0.1, 0.15) is 5.82 Å². The van der Waals surface area contributed by atoms with Gasteiger partial charge in [-0.05, 0) is 36.1 Å². The molecular weight excluding hydrogens is 264 g/mol. The highest BCUT2D eigenvalue weighted by Crippen LogP contribution is 2.30. The molecule has 0 saturated carbocycles. The normalized spacial score (nSPS) is 13.0. The van der Waals surface area contributed by atoms with E-state index in [4.69, 9.17) is 0 Å². The Hall–Kier alpha value is -2.43. The van der Waals surface area contributed by atoms with Crippen molar-refractivity contribution in [2.75, 3.05) is 10.6 Å². The van der Waals surface area contributed by atoms with E-state index in [1.54, 1.807) is 6.20 Å². The van der Waals surface area contributed by atoms with Crippen LogP contribution in [0.4, 0.5) is 17.3 Å². The summed E-state index contributed by atoms with van der Waals surface area (Å²) in [6.07, 6.45) is 2.65. The highest BCUT2D eigenvalue weighted by Gasteiger charge is 2.21. The van der Waals surface area contributed by atoms with Crippen molar-refractivity contribution in [2.24, 2.45) is 0 Å². The maximum absolute atomic E-state index is 12.4. The molecule has 0 radical (unpaired) electrons. The van der Waals surface area contributed by atoms with Crippen LogP contribution >= 0.6 is 0 Å². The minimum atomic E-state index is -0.155. The fourth-order valence-electron chi connectivity index (χ4n) is 2.26. The van der Waals surface area contributed by atoms with Crippen molar-refractivity contribution < 1.29 is 4.79 Å². The lowest BCUT2D eigenvalue weighted by Gasteiger charge is -2.10. The number of fused-ring (bicyclic) bond motifs is 2. The van der Waals surface area contributed by atoms with Gasteiger partial charge < -0.3 is 10.6 Å². The predicted molar refractivity (Wildman–Crippen MR) is 83.2 cm³/mol. The summed E-state index contributed by atoms with van der Waals surface area (Å²) >= 11 is 0. The largest absolute Gasteiger partial charge is 0.323 e. The van der Waals surface area contributed by atoms with E-state index in [9.17, 15) is 4.79 Å². The number of carbonyl (C=O) groups is 1. The molecular formula is C16H18N4O. The number of carbonyl (C=O) groups excluding carboxylic acids is 1. The lowest BCUT2D eigenvalue weighted by atomic mass is 10.0. The Labute approximate surface area is 123 Å². The second kappa shape index (κ2) is 5.16. The SMILES string of the molecule is CCc1ccc2c(n1)Nc1ncc(C(C)C)cc1C(=O)N2. The topological polar surface area (TPSA) is 66.9 Å². The molecule has 2 N–H and O–H groups in total. The maximum atomic E-state index is 12.4. The van der Waals surface area contributed by atoms with Gasteiger partial charge in [-0.1, -0.05) is 20.8 Å². The van der Waals surface area contributed by atoms with E-state index >= 15 is 0 Å². The summed E-state index contributed by atoms with van der Waals surface area (Å²) in [5, 5.41) is 6.06. The molecule has 0 fully saturated rings. The number of nitrogens with zero attached hydrogens (tertiary/aromatic N) is 2. The fourth-order valence-corrected chi connectivity index (χ4v) is 2.26. The van der Waals surface area contributed by atoms with Gasteiger partial charge in [-0.15, -0.1) is 0 Å². The molecule has 1 aliphatic heterocycles. The number of rotatable bonds is 2. The molecule has 2 aromatic rings. The van der Waals surface area contributed by atoms with Gasteiger partial charge >= 0.3 is 0 Å². The second-order valence-corrected chi connectivity index (χ2v) is 5.45. The van der Waals surface area contributed by atoms with E-state index in [-0.39, 0.29) is 5.91 Å². The molecule has 2 aromatic heterocycles. The van der Waals surface area contributed by atoms with Crippen LogP contribution in [0.2, 0.25) is 0 Å². The maximum Gasteiger partial charge on any atom is 0.259 e. The first kappa shape index (κ1) is 13.5. The Morgan fingerprint density at radius 3 is 2.71 bits per heavy atom. The van der Waals surface area contributed by atoms with Crippen LogP contribution in [0.5, 0.6) is 0 Å². The van der Waals surface area contributed by atoms with Crippen LogP contribution in [-0.4, -0.2) is 15.9 Å². The number of amides is 1. The lowest BCUT2D eigenvalue weighted by Crippen LogP contribution is -2.12. The van der Waals surface area contributed by atoms with E-state index in [0.29, 0.717) is 28.8 Å². The summed E-state index contributed by atoms with van der Waals surface area (Å²) in [5.74, 6) is 1.37. The molecule has 0 bridgehead atoms. The molecule has 0 saturated heterocycles. The molecule has 0 unspecified atom stereocenters. The standard InChI is InChI=1S/C16H18N4O/c1-4-11-5-6-13-15(18-11)20-14-12(16(21)19-13)7-10(8-17-14)9(2)3/h5-9H,4H2,1-3H3,(H,19,21)(H,17,18,20). The molecule has 0 aromatic carbocycles. The van der Waals surface area contributed by atoms with Crippen LogP contribution in [-0.2, 0) is 6.42 Å². The number of anilines is 3. The van der Waals surface area contributed by atoms with Gasteiger partial charge in [0.05, 0.1) is 11.3 Å². The number of aryl methyl sites for hydroxylation is 1. The van der Waals surface area contributed by atoms with Gasteiger partial charge in [0, 0.05) is 11.9 Å². The molecule has 21 heavy (non-hydrogen) atoms. The van der Waals surface area contributed by atoms with Gasteiger partial charge in [0.25, 0.3) is 5.91 Å². The first-order chi connectivity index (χ1) is 10.1. The number of hydrogen-bond acceptors (Lipinski definition) is 4. The average Bonchev–Trinajstić information content (AvgIpc) is 2.62. The average molecular weight is 282 g/mol. The fraction of sp³-hybridized carbons (Fsp3) is 0.312. The number of hydrogen-bond donors (Lipinski definition) is 2. The molecule has 108 valence electrons. The van der Waals surface area contributed by atoms with Crippen LogP contribution in [0.25, 0.3) is 0 Å². The summed E-state index contributed by atoms with van der Waals surface area (Å²) < 4.78 is 0. The Kier molecular flexibility index (Phi) is 3.33. The Morgan fingerprint density at radius 1 is 1.19 bits per heavy atom. The highest BCUT2D eigenvalue weighted by atomic mass is 16.1. The van der Waals surface area contributed by atoms with Crippen molar-refractivity contribution in [3.8, 4) is 0 Å². The van der Waals surface area contributed by atoms with Crippen LogP contribution in [0.1, 0.15) is 48.3 Å². The zero-order valence-corrected chi connectivity index (χ0v) is 12.4. The zero-order valence-electron chi connectivity index (χ0n) is 12.4. The van der Waals surface area contributed by atoms with Gasteiger partial charge in [0.2, 0.25) is 0 Å². The van der Waals surface area contributed by atoms with Gasteiger partial charge in [-0.2, -0.15) is 0 Å². The van der Waals surface area contributed by atoms with Gasteiger partial charge in [0.15, 0.2) is 5.82 Å². The second-order valence-electron chi connectivity index (χ2n) is 5.45. The minimum absolute atomic E-state index is 0.155. The number of pyridine rings is 2. The minimum Gasteiger partial charge on any atom is -0.323 e. The predicted octanol–water partition coefficient (Wildman–Crippen LogP) is 3.47. The van der Waals surface area contributed by atoms with E-state index in [1.807, 2.05) is 25.1 Å². The Morgan fingerprint density at radius 2 is 2.00 bits per heavy atom. The first-order valence-corrected chi connectivity index (χ1v) is 7.16. The van der Waals surface area contributed by atoms with E-state index in [2.05, 4.69) is 34.4 Å². The third kappa shape index (κ3) is 2.46. The quantitative estimate of drug-likeness (QED) is 0.885. The highest BCUT2D eigenvalue weighted by molar-refractivity contribution is 6.11.